The maximum atomic E-state index is 14.0. The summed E-state index contributed by atoms with van der Waals surface area (Å²) in [5.41, 5.74) is 0.736. The summed E-state index contributed by atoms with van der Waals surface area (Å²) < 4.78 is 34.2. The van der Waals surface area contributed by atoms with Crippen LogP contribution in [0, 0.1) is 5.82 Å². The molecule has 0 unspecified atom stereocenters. The van der Waals surface area contributed by atoms with Gasteiger partial charge in [-0.3, -0.25) is 0 Å². The zero-order valence-corrected chi connectivity index (χ0v) is 15.7. The third-order valence-corrected chi connectivity index (χ3v) is 3.85. The molecule has 0 atom stereocenters. The second kappa shape index (κ2) is 8.38. The summed E-state index contributed by atoms with van der Waals surface area (Å²) in [5.74, 6) is -2.62. The number of aromatic nitrogens is 3. The predicted molar refractivity (Wildman–Crippen MR) is 98.4 cm³/mol. The van der Waals surface area contributed by atoms with E-state index in [0.717, 1.165) is 0 Å². The van der Waals surface area contributed by atoms with Crippen molar-refractivity contribution in [3.8, 4) is 40.5 Å². The fourth-order valence-corrected chi connectivity index (χ4v) is 2.54. The smallest absolute Gasteiger partial charge is 0.340 e. The Kier molecular flexibility index (Phi) is 5.72. The lowest BCUT2D eigenvalue weighted by Gasteiger charge is -2.13. The van der Waals surface area contributed by atoms with Gasteiger partial charge in [-0.25, -0.2) is 9.78 Å². The van der Waals surface area contributed by atoms with Crippen LogP contribution in [0.3, 0.4) is 0 Å². The normalized spacial score (nSPS) is 10.3. The van der Waals surface area contributed by atoms with Gasteiger partial charge in [-0.05, 0) is 12.1 Å². The number of carboxylic acid groups (broad SMARTS) is 1. The molecule has 2 aromatic heterocycles. The SMILES string of the molecule is COc1ccc(-c2cccc(Oc3nc(OC)c(F)c(OC)n3)c2C(=O)O)cn1. The predicted octanol–water partition coefficient (Wildman–Crippen LogP) is 3.19. The summed E-state index contributed by atoms with van der Waals surface area (Å²) >= 11 is 0. The summed E-state index contributed by atoms with van der Waals surface area (Å²) in [4.78, 5) is 23.6. The summed E-state index contributed by atoms with van der Waals surface area (Å²) in [6.07, 6.45) is 1.48. The molecule has 0 aliphatic carbocycles. The first-order chi connectivity index (χ1) is 14.0. The van der Waals surface area contributed by atoms with Gasteiger partial charge >= 0.3 is 12.0 Å². The fourth-order valence-electron chi connectivity index (χ4n) is 2.54. The minimum Gasteiger partial charge on any atom is -0.481 e. The van der Waals surface area contributed by atoms with E-state index in [2.05, 4.69) is 15.0 Å². The lowest BCUT2D eigenvalue weighted by Crippen LogP contribution is -2.06. The fraction of sp³-hybridized carbons (Fsp3) is 0.158. The second-order valence-corrected chi connectivity index (χ2v) is 5.51. The molecular formula is C19H16FN3O6. The van der Waals surface area contributed by atoms with Gasteiger partial charge in [0.1, 0.15) is 11.3 Å². The number of rotatable bonds is 7. The van der Waals surface area contributed by atoms with Crippen molar-refractivity contribution in [2.24, 2.45) is 0 Å². The number of ether oxygens (including phenoxy) is 4. The van der Waals surface area contributed by atoms with Crippen LogP contribution in [0.25, 0.3) is 11.1 Å². The largest absolute Gasteiger partial charge is 0.481 e. The molecule has 3 rings (SSSR count). The number of hydrogen-bond acceptors (Lipinski definition) is 8. The third kappa shape index (κ3) is 4.00. The van der Waals surface area contributed by atoms with E-state index in [9.17, 15) is 14.3 Å². The van der Waals surface area contributed by atoms with Crippen molar-refractivity contribution in [1.29, 1.82) is 0 Å². The van der Waals surface area contributed by atoms with Gasteiger partial charge in [0.05, 0.1) is 21.3 Å². The van der Waals surface area contributed by atoms with Crippen molar-refractivity contribution in [3.05, 3.63) is 47.9 Å². The average Bonchev–Trinajstić information content (AvgIpc) is 2.74. The number of aromatic carboxylic acids is 1. The summed E-state index contributed by atoms with van der Waals surface area (Å²) in [5, 5.41) is 9.76. The monoisotopic (exact) mass is 401 g/mol. The number of methoxy groups -OCH3 is 3. The standard InChI is InChI=1S/C19H16FN3O6/c1-26-13-8-7-10(9-21-13)11-5-4-6-12(14(11)18(24)25)29-19-22-16(27-2)15(20)17(23-19)28-3/h4-9H,1-3H3,(H,24,25). The van der Waals surface area contributed by atoms with E-state index in [4.69, 9.17) is 18.9 Å². The van der Waals surface area contributed by atoms with E-state index in [0.29, 0.717) is 17.0 Å². The number of carbonyl (C=O) groups is 1. The first-order valence-corrected chi connectivity index (χ1v) is 8.18. The van der Waals surface area contributed by atoms with Crippen LogP contribution in [0.5, 0.6) is 29.4 Å². The van der Waals surface area contributed by atoms with Crippen LogP contribution in [0.2, 0.25) is 0 Å². The molecule has 0 amide bonds. The molecule has 1 N–H and O–H groups in total. The highest BCUT2D eigenvalue weighted by molar-refractivity contribution is 5.99. The van der Waals surface area contributed by atoms with Crippen LogP contribution in [0.4, 0.5) is 4.39 Å². The minimum atomic E-state index is -1.24. The third-order valence-electron chi connectivity index (χ3n) is 3.85. The minimum absolute atomic E-state index is 0.0541. The number of nitrogens with zero attached hydrogens (tertiary/aromatic N) is 3. The lowest BCUT2D eigenvalue weighted by molar-refractivity contribution is 0.0695. The molecule has 150 valence electrons. The van der Waals surface area contributed by atoms with Gasteiger partial charge in [-0.15, -0.1) is 0 Å². The number of carboxylic acids is 1. The molecule has 10 heteroatoms. The molecule has 0 saturated heterocycles. The lowest BCUT2D eigenvalue weighted by atomic mass is 10.0. The van der Waals surface area contributed by atoms with Crippen molar-refractivity contribution < 1.29 is 33.2 Å². The highest BCUT2D eigenvalue weighted by Crippen LogP contribution is 2.34. The zero-order chi connectivity index (χ0) is 21.0. The van der Waals surface area contributed by atoms with Gasteiger partial charge in [0.25, 0.3) is 11.8 Å². The van der Waals surface area contributed by atoms with Crippen molar-refractivity contribution in [1.82, 2.24) is 15.0 Å². The van der Waals surface area contributed by atoms with E-state index in [-0.39, 0.29) is 17.3 Å². The summed E-state index contributed by atoms with van der Waals surface area (Å²) in [6.45, 7) is 0. The van der Waals surface area contributed by atoms with Gasteiger partial charge in [-0.1, -0.05) is 12.1 Å². The Hall–Kier alpha value is -3.95. The van der Waals surface area contributed by atoms with Crippen molar-refractivity contribution in [3.63, 3.8) is 0 Å². The van der Waals surface area contributed by atoms with Gasteiger partial charge in [0.15, 0.2) is 0 Å². The van der Waals surface area contributed by atoms with Crippen molar-refractivity contribution in [2.75, 3.05) is 21.3 Å². The topological polar surface area (TPSA) is 113 Å². The molecule has 0 bridgehead atoms. The Labute approximate surface area is 164 Å². The molecule has 0 fully saturated rings. The number of benzene rings is 1. The van der Waals surface area contributed by atoms with Crippen molar-refractivity contribution in [2.45, 2.75) is 0 Å². The molecule has 2 heterocycles. The van der Waals surface area contributed by atoms with E-state index < -0.39 is 23.5 Å². The molecule has 0 radical (unpaired) electrons. The van der Waals surface area contributed by atoms with Gasteiger partial charge in [-0.2, -0.15) is 14.4 Å². The quantitative estimate of drug-likeness (QED) is 0.637. The molecule has 0 spiro atoms. The van der Waals surface area contributed by atoms with E-state index in [1.54, 1.807) is 24.3 Å². The van der Waals surface area contributed by atoms with Gasteiger partial charge < -0.3 is 24.1 Å². The average molecular weight is 401 g/mol. The van der Waals surface area contributed by atoms with E-state index >= 15 is 0 Å². The van der Waals surface area contributed by atoms with Crippen LogP contribution in [0.15, 0.2) is 36.5 Å². The van der Waals surface area contributed by atoms with E-state index in [1.807, 2.05) is 0 Å². The van der Waals surface area contributed by atoms with Gasteiger partial charge in [0.2, 0.25) is 11.7 Å². The second-order valence-electron chi connectivity index (χ2n) is 5.51. The molecule has 0 aliphatic rings. The Morgan fingerprint density at radius 2 is 1.69 bits per heavy atom. The number of hydrogen-bond donors (Lipinski definition) is 1. The molecular weight excluding hydrogens is 385 g/mol. The summed E-state index contributed by atoms with van der Waals surface area (Å²) in [6, 6.07) is 7.56. The van der Waals surface area contributed by atoms with Gasteiger partial charge in [0, 0.05) is 23.4 Å². The maximum Gasteiger partial charge on any atom is 0.340 e. The van der Waals surface area contributed by atoms with Crippen LogP contribution in [-0.4, -0.2) is 47.4 Å². The number of halogens is 1. The molecule has 0 aliphatic heterocycles. The first kappa shape index (κ1) is 19.8. The molecule has 9 nitrogen and oxygen atoms in total. The van der Waals surface area contributed by atoms with Crippen LogP contribution in [0.1, 0.15) is 10.4 Å². The molecule has 29 heavy (non-hydrogen) atoms. The first-order valence-electron chi connectivity index (χ1n) is 8.18. The Balaban J connectivity index is 2.07. The molecule has 0 saturated carbocycles. The Morgan fingerprint density at radius 1 is 1.00 bits per heavy atom. The van der Waals surface area contributed by atoms with Crippen LogP contribution >= 0.6 is 0 Å². The highest BCUT2D eigenvalue weighted by Gasteiger charge is 2.22. The number of pyridine rings is 1. The molecule has 3 aromatic rings. The summed E-state index contributed by atoms with van der Waals surface area (Å²) in [7, 11) is 3.91. The zero-order valence-electron chi connectivity index (χ0n) is 15.7. The van der Waals surface area contributed by atoms with Crippen molar-refractivity contribution >= 4 is 5.97 Å². The Bertz CT molecular complexity index is 1020. The van der Waals surface area contributed by atoms with Crippen LogP contribution < -0.4 is 18.9 Å². The maximum absolute atomic E-state index is 14.0. The van der Waals surface area contributed by atoms with E-state index in [1.165, 1.54) is 33.6 Å². The van der Waals surface area contributed by atoms with Crippen LogP contribution in [-0.2, 0) is 0 Å². The molecule has 1 aromatic carbocycles. The Morgan fingerprint density at radius 3 is 2.21 bits per heavy atom. The highest BCUT2D eigenvalue weighted by atomic mass is 19.1.